The maximum Gasteiger partial charge on any atom is 0.0555 e. The standard InChI is InChI=1S/C13H16INS/c1-9-15-13(2,3)12(16-9)8-10-4-6-11(14)7-5-10/h4-9,15H,1-3H3. The van der Waals surface area contributed by atoms with Crippen molar-refractivity contribution in [1.82, 2.24) is 5.32 Å². The predicted octanol–water partition coefficient (Wildman–Crippen LogP) is 4.09. The van der Waals surface area contributed by atoms with Crippen LogP contribution in [0.1, 0.15) is 26.3 Å². The van der Waals surface area contributed by atoms with Crippen molar-refractivity contribution in [2.45, 2.75) is 31.7 Å². The molecule has 1 fully saturated rings. The van der Waals surface area contributed by atoms with E-state index in [4.69, 9.17) is 0 Å². The molecule has 1 atom stereocenters. The van der Waals surface area contributed by atoms with Gasteiger partial charge in [0.15, 0.2) is 0 Å². The maximum absolute atomic E-state index is 3.57. The fraction of sp³-hybridized carbons (Fsp3) is 0.385. The Labute approximate surface area is 115 Å². The number of hydrogen-bond donors (Lipinski definition) is 1. The molecule has 1 aliphatic heterocycles. The van der Waals surface area contributed by atoms with E-state index in [1.165, 1.54) is 14.0 Å². The molecule has 1 unspecified atom stereocenters. The molecular weight excluding hydrogens is 329 g/mol. The highest BCUT2D eigenvalue weighted by atomic mass is 127. The van der Waals surface area contributed by atoms with Gasteiger partial charge in [0.1, 0.15) is 0 Å². The summed E-state index contributed by atoms with van der Waals surface area (Å²) < 4.78 is 1.28. The van der Waals surface area contributed by atoms with Gasteiger partial charge in [0.05, 0.1) is 5.37 Å². The molecule has 2 rings (SSSR count). The normalized spacial score (nSPS) is 26.2. The first-order valence-electron chi connectivity index (χ1n) is 5.39. The van der Waals surface area contributed by atoms with Crippen molar-refractivity contribution in [1.29, 1.82) is 0 Å². The predicted molar refractivity (Wildman–Crippen MR) is 81.4 cm³/mol. The SMILES string of the molecule is CC1NC(C)(C)C(=Cc2ccc(I)cc2)S1. The lowest BCUT2D eigenvalue weighted by Gasteiger charge is -2.19. The zero-order valence-electron chi connectivity index (χ0n) is 9.75. The Morgan fingerprint density at radius 3 is 2.44 bits per heavy atom. The van der Waals surface area contributed by atoms with E-state index in [0.717, 1.165) is 0 Å². The van der Waals surface area contributed by atoms with E-state index in [9.17, 15) is 0 Å². The molecule has 1 heterocycles. The highest BCUT2D eigenvalue weighted by Crippen LogP contribution is 2.39. The smallest absolute Gasteiger partial charge is 0.0555 e. The number of rotatable bonds is 1. The van der Waals surface area contributed by atoms with Gasteiger partial charge in [-0.2, -0.15) is 0 Å². The minimum absolute atomic E-state index is 0.104. The van der Waals surface area contributed by atoms with Gasteiger partial charge in [-0.15, -0.1) is 11.8 Å². The Balaban J connectivity index is 2.27. The minimum atomic E-state index is 0.104. The molecule has 1 aromatic rings. The molecule has 3 heteroatoms. The largest absolute Gasteiger partial charge is 0.296 e. The second-order valence-electron chi connectivity index (χ2n) is 4.59. The van der Waals surface area contributed by atoms with Crippen molar-refractivity contribution in [2.75, 3.05) is 0 Å². The maximum atomic E-state index is 3.57. The lowest BCUT2D eigenvalue weighted by molar-refractivity contribution is 0.489. The van der Waals surface area contributed by atoms with E-state index >= 15 is 0 Å². The van der Waals surface area contributed by atoms with Crippen LogP contribution < -0.4 is 5.32 Å². The van der Waals surface area contributed by atoms with Crippen molar-refractivity contribution in [3.63, 3.8) is 0 Å². The summed E-state index contributed by atoms with van der Waals surface area (Å²) in [5.74, 6) is 0. The fourth-order valence-electron chi connectivity index (χ4n) is 1.87. The minimum Gasteiger partial charge on any atom is -0.296 e. The van der Waals surface area contributed by atoms with Crippen LogP contribution in [-0.4, -0.2) is 10.9 Å². The number of thioether (sulfide) groups is 1. The van der Waals surface area contributed by atoms with E-state index in [1.807, 2.05) is 11.8 Å². The summed E-state index contributed by atoms with van der Waals surface area (Å²) in [6.45, 7) is 6.69. The van der Waals surface area contributed by atoms with Crippen LogP contribution in [0, 0.1) is 3.57 Å². The molecule has 0 radical (unpaired) electrons. The van der Waals surface area contributed by atoms with Gasteiger partial charge >= 0.3 is 0 Å². The summed E-state index contributed by atoms with van der Waals surface area (Å²) in [5.41, 5.74) is 1.39. The molecule has 0 saturated carbocycles. The van der Waals surface area contributed by atoms with Gasteiger partial charge in [-0.05, 0) is 67.1 Å². The van der Waals surface area contributed by atoms with Crippen molar-refractivity contribution in [2.24, 2.45) is 0 Å². The third-order valence-corrected chi connectivity index (χ3v) is 4.72. The van der Waals surface area contributed by atoms with Crippen molar-refractivity contribution in [3.8, 4) is 0 Å². The van der Waals surface area contributed by atoms with Crippen molar-refractivity contribution >= 4 is 40.4 Å². The summed E-state index contributed by atoms with van der Waals surface area (Å²) in [4.78, 5) is 1.42. The summed E-state index contributed by atoms with van der Waals surface area (Å²) >= 11 is 4.25. The molecule has 0 spiro atoms. The van der Waals surface area contributed by atoms with Gasteiger partial charge in [0.25, 0.3) is 0 Å². The van der Waals surface area contributed by atoms with Crippen LogP contribution in [0.2, 0.25) is 0 Å². The molecule has 0 bridgehead atoms. The van der Waals surface area contributed by atoms with Crippen LogP contribution in [-0.2, 0) is 0 Å². The highest BCUT2D eigenvalue weighted by molar-refractivity contribution is 14.1. The van der Waals surface area contributed by atoms with E-state index < -0.39 is 0 Å². The zero-order chi connectivity index (χ0) is 11.8. The average molecular weight is 345 g/mol. The van der Waals surface area contributed by atoms with Gasteiger partial charge in [-0.3, -0.25) is 5.32 Å². The van der Waals surface area contributed by atoms with Gasteiger partial charge in [0, 0.05) is 14.0 Å². The van der Waals surface area contributed by atoms with Gasteiger partial charge in [0.2, 0.25) is 0 Å². The molecular formula is C13H16INS. The quantitative estimate of drug-likeness (QED) is 0.770. The number of hydrogen-bond acceptors (Lipinski definition) is 2. The molecule has 1 N–H and O–H groups in total. The second kappa shape index (κ2) is 4.70. The summed E-state index contributed by atoms with van der Waals surface area (Å²) in [7, 11) is 0. The first-order chi connectivity index (χ1) is 7.47. The van der Waals surface area contributed by atoms with Gasteiger partial charge in [-0.25, -0.2) is 0 Å². The Morgan fingerprint density at radius 2 is 1.94 bits per heavy atom. The van der Waals surface area contributed by atoms with Crippen LogP contribution in [0.25, 0.3) is 6.08 Å². The van der Waals surface area contributed by atoms with Crippen LogP contribution in [0.5, 0.6) is 0 Å². The highest BCUT2D eigenvalue weighted by Gasteiger charge is 2.33. The van der Waals surface area contributed by atoms with Crippen LogP contribution >= 0.6 is 34.4 Å². The van der Waals surface area contributed by atoms with Crippen LogP contribution in [0.3, 0.4) is 0 Å². The number of benzene rings is 1. The first kappa shape index (κ1) is 12.5. The average Bonchev–Trinajstić information content (AvgIpc) is 2.43. The van der Waals surface area contributed by atoms with E-state index in [2.05, 4.69) is 79.0 Å². The van der Waals surface area contributed by atoms with E-state index in [-0.39, 0.29) is 5.54 Å². The molecule has 86 valence electrons. The molecule has 0 aliphatic carbocycles. The van der Waals surface area contributed by atoms with Crippen LogP contribution in [0.4, 0.5) is 0 Å². The summed E-state index contributed by atoms with van der Waals surface area (Å²) in [6.07, 6.45) is 2.29. The first-order valence-corrected chi connectivity index (χ1v) is 7.35. The fourth-order valence-corrected chi connectivity index (χ4v) is 3.52. The Morgan fingerprint density at radius 1 is 1.31 bits per heavy atom. The molecule has 0 amide bonds. The molecule has 1 aromatic carbocycles. The molecule has 1 nitrogen and oxygen atoms in total. The number of nitrogens with one attached hydrogen (secondary N) is 1. The molecule has 1 saturated heterocycles. The Bertz CT molecular complexity index is 408. The van der Waals surface area contributed by atoms with Crippen molar-refractivity contribution < 1.29 is 0 Å². The monoisotopic (exact) mass is 345 g/mol. The summed E-state index contributed by atoms with van der Waals surface area (Å²) in [5, 5.41) is 4.07. The van der Waals surface area contributed by atoms with Crippen molar-refractivity contribution in [3.05, 3.63) is 38.3 Å². The zero-order valence-corrected chi connectivity index (χ0v) is 12.7. The van der Waals surface area contributed by atoms with Crippen LogP contribution in [0.15, 0.2) is 29.2 Å². The van der Waals surface area contributed by atoms with E-state index in [1.54, 1.807) is 0 Å². The molecule has 16 heavy (non-hydrogen) atoms. The lowest BCUT2D eigenvalue weighted by atomic mass is 10.0. The Kier molecular flexibility index (Phi) is 3.66. The van der Waals surface area contributed by atoms with Gasteiger partial charge < -0.3 is 0 Å². The lowest BCUT2D eigenvalue weighted by Crippen LogP contribution is -2.36. The Hall–Kier alpha value is -0.000000000000000111. The second-order valence-corrected chi connectivity index (χ2v) is 7.22. The molecule has 1 aliphatic rings. The third kappa shape index (κ3) is 2.81. The third-order valence-electron chi connectivity index (χ3n) is 2.65. The molecule has 0 aromatic heterocycles. The van der Waals surface area contributed by atoms with Gasteiger partial charge in [-0.1, -0.05) is 12.1 Å². The number of halogens is 1. The topological polar surface area (TPSA) is 12.0 Å². The van der Waals surface area contributed by atoms with E-state index in [0.29, 0.717) is 5.37 Å². The summed E-state index contributed by atoms with van der Waals surface area (Å²) in [6, 6.07) is 8.65.